The van der Waals surface area contributed by atoms with Gasteiger partial charge in [-0.15, -0.1) is 10.2 Å². The summed E-state index contributed by atoms with van der Waals surface area (Å²) in [7, 11) is 0. The summed E-state index contributed by atoms with van der Waals surface area (Å²) in [5.74, 6) is 0.640. The van der Waals surface area contributed by atoms with Crippen molar-refractivity contribution >= 4 is 23.1 Å². The first-order valence-electron chi connectivity index (χ1n) is 10.2. The Balaban J connectivity index is 1.36. The molecule has 1 aliphatic rings. The third kappa shape index (κ3) is 3.85. The van der Waals surface area contributed by atoms with E-state index in [-0.39, 0.29) is 5.91 Å². The second-order valence-corrected chi connectivity index (χ2v) is 7.39. The number of pyridine rings is 1. The van der Waals surface area contributed by atoms with Gasteiger partial charge in [0.25, 0.3) is 5.91 Å². The fourth-order valence-electron chi connectivity index (χ4n) is 3.77. The molecule has 1 aliphatic heterocycles. The minimum atomic E-state index is -0.206. The molecule has 0 bridgehead atoms. The standard InChI is InChI=1S/C23H22N6O2/c1-16-22(29-10-3-2-7-20(29)24-16)23(30)25-18-6-4-5-17(15-18)19-8-9-21(27-26-19)28-11-13-31-14-12-28/h2-10,15H,11-14H2,1H3,(H,25,30). The number of anilines is 2. The summed E-state index contributed by atoms with van der Waals surface area (Å²) in [5.41, 5.74) is 4.27. The second kappa shape index (κ2) is 8.16. The van der Waals surface area contributed by atoms with Crippen LogP contribution in [0, 0.1) is 6.92 Å². The molecule has 0 atom stereocenters. The van der Waals surface area contributed by atoms with Gasteiger partial charge in [-0.2, -0.15) is 0 Å². The molecule has 0 radical (unpaired) electrons. The van der Waals surface area contributed by atoms with E-state index < -0.39 is 0 Å². The lowest BCUT2D eigenvalue weighted by atomic mass is 10.1. The lowest BCUT2D eigenvalue weighted by Crippen LogP contribution is -2.36. The molecule has 0 spiro atoms. The Bertz CT molecular complexity index is 1230. The van der Waals surface area contributed by atoms with Crippen LogP contribution in [0.25, 0.3) is 16.9 Å². The van der Waals surface area contributed by atoms with Gasteiger partial charge < -0.3 is 15.0 Å². The second-order valence-electron chi connectivity index (χ2n) is 7.39. The van der Waals surface area contributed by atoms with Gasteiger partial charge in [0.15, 0.2) is 5.82 Å². The van der Waals surface area contributed by atoms with Gasteiger partial charge in [0, 0.05) is 30.5 Å². The molecule has 1 aromatic carbocycles. The number of nitrogens with one attached hydrogen (secondary N) is 1. The van der Waals surface area contributed by atoms with Crippen LogP contribution in [-0.4, -0.2) is 51.8 Å². The topological polar surface area (TPSA) is 84.7 Å². The largest absolute Gasteiger partial charge is 0.378 e. The highest BCUT2D eigenvalue weighted by Gasteiger charge is 2.17. The summed E-state index contributed by atoms with van der Waals surface area (Å²) < 4.78 is 7.18. The molecule has 0 saturated carbocycles. The van der Waals surface area contributed by atoms with Gasteiger partial charge >= 0.3 is 0 Å². The highest BCUT2D eigenvalue weighted by Crippen LogP contribution is 2.23. The van der Waals surface area contributed by atoms with Crippen LogP contribution in [0.15, 0.2) is 60.8 Å². The highest BCUT2D eigenvalue weighted by molar-refractivity contribution is 6.04. The molecule has 1 saturated heterocycles. The summed E-state index contributed by atoms with van der Waals surface area (Å²) >= 11 is 0. The molecule has 1 fully saturated rings. The number of nitrogens with zero attached hydrogens (tertiary/aromatic N) is 5. The zero-order valence-corrected chi connectivity index (χ0v) is 17.2. The minimum absolute atomic E-state index is 0.206. The Morgan fingerprint density at radius 3 is 2.71 bits per heavy atom. The predicted octanol–water partition coefficient (Wildman–Crippen LogP) is 3.19. The monoisotopic (exact) mass is 414 g/mol. The minimum Gasteiger partial charge on any atom is -0.378 e. The summed E-state index contributed by atoms with van der Waals surface area (Å²) in [5, 5.41) is 11.7. The van der Waals surface area contributed by atoms with Gasteiger partial charge in [-0.3, -0.25) is 9.20 Å². The van der Waals surface area contributed by atoms with Crippen LogP contribution in [0.5, 0.6) is 0 Å². The van der Waals surface area contributed by atoms with Crippen molar-refractivity contribution in [2.45, 2.75) is 6.92 Å². The molecular weight excluding hydrogens is 392 g/mol. The van der Waals surface area contributed by atoms with Crippen molar-refractivity contribution in [3.05, 3.63) is 72.2 Å². The van der Waals surface area contributed by atoms with Gasteiger partial charge in [-0.05, 0) is 43.3 Å². The SMILES string of the molecule is Cc1nc2ccccn2c1C(=O)Nc1cccc(-c2ccc(N3CCOCC3)nn2)c1. The number of aromatic nitrogens is 4. The van der Waals surface area contributed by atoms with Crippen molar-refractivity contribution < 1.29 is 9.53 Å². The first-order chi connectivity index (χ1) is 15.2. The number of benzene rings is 1. The van der Waals surface area contributed by atoms with E-state index in [0.717, 1.165) is 35.8 Å². The fraction of sp³-hybridized carbons (Fsp3) is 0.217. The van der Waals surface area contributed by atoms with Gasteiger partial charge in [-0.25, -0.2) is 4.98 Å². The molecule has 4 aromatic rings. The number of aryl methyl sites for hydroxylation is 1. The van der Waals surface area contributed by atoms with Crippen molar-refractivity contribution in [1.29, 1.82) is 0 Å². The third-order valence-corrected chi connectivity index (χ3v) is 5.32. The maximum absolute atomic E-state index is 13.0. The van der Waals surface area contributed by atoms with Gasteiger partial charge in [0.05, 0.1) is 24.6 Å². The fourth-order valence-corrected chi connectivity index (χ4v) is 3.77. The number of amides is 1. The first-order valence-corrected chi connectivity index (χ1v) is 10.2. The number of carbonyl (C=O) groups excluding carboxylic acids is 1. The lowest BCUT2D eigenvalue weighted by molar-refractivity contribution is 0.102. The van der Waals surface area contributed by atoms with E-state index in [2.05, 4.69) is 25.4 Å². The van der Waals surface area contributed by atoms with E-state index in [4.69, 9.17) is 4.74 Å². The Morgan fingerprint density at radius 1 is 1.03 bits per heavy atom. The molecule has 0 aliphatic carbocycles. The Hall–Kier alpha value is -3.78. The van der Waals surface area contributed by atoms with E-state index in [9.17, 15) is 4.79 Å². The van der Waals surface area contributed by atoms with Gasteiger partial charge in [-0.1, -0.05) is 18.2 Å². The molecule has 1 N–H and O–H groups in total. The molecular formula is C23H22N6O2. The molecule has 31 heavy (non-hydrogen) atoms. The molecule has 1 amide bonds. The number of fused-ring (bicyclic) bond motifs is 1. The number of imidazole rings is 1. The van der Waals surface area contributed by atoms with Gasteiger partial charge in [0.1, 0.15) is 11.3 Å². The van der Waals surface area contributed by atoms with Crippen LogP contribution in [-0.2, 0) is 4.74 Å². The van der Waals surface area contributed by atoms with E-state index in [1.807, 2.05) is 67.7 Å². The average Bonchev–Trinajstić information content (AvgIpc) is 3.16. The van der Waals surface area contributed by atoms with Crippen molar-refractivity contribution in [3.63, 3.8) is 0 Å². The maximum Gasteiger partial charge on any atom is 0.274 e. The van der Waals surface area contributed by atoms with E-state index >= 15 is 0 Å². The van der Waals surface area contributed by atoms with E-state index in [1.54, 1.807) is 4.40 Å². The summed E-state index contributed by atoms with van der Waals surface area (Å²) in [6.45, 7) is 4.88. The van der Waals surface area contributed by atoms with Crippen LogP contribution in [0.3, 0.4) is 0 Å². The molecule has 3 aromatic heterocycles. The molecule has 4 heterocycles. The van der Waals surface area contributed by atoms with Crippen molar-refractivity contribution in [2.75, 3.05) is 36.5 Å². The van der Waals surface area contributed by atoms with Gasteiger partial charge in [0.2, 0.25) is 0 Å². The van der Waals surface area contributed by atoms with E-state index in [0.29, 0.717) is 30.3 Å². The molecule has 156 valence electrons. The van der Waals surface area contributed by atoms with Crippen LogP contribution in [0.4, 0.5) is 11.5 Å². The summed E-state index contributed by atoms with van der Waals surface area (Å²) in [4.78, 5) is 19.6. The molecule has 8 nitrogen and oxygen atoms in total. The molecule has 8 heteroatoms. The van der Waals surface area contributed by atoms with Crippen molar-refractivity contribution in [1.82, 2.24) is 19.6 Å². The Kier molecular flexibility index (Phi) is 5.05. The lowest BCUT2D eigenvalue weighted by Gasteiger charge is -2.27. The zero-order chi connectivity index (χ0) is 21.2. The molecule has 5 rings (SSSR count). The summed E-state index contributed by atoms with van der Waals surface area (Å²) in [6, 6.07) is 17.2. The van der Waals surface area contributed by atoms with E-state index in [1.165, 1.54) is 0 Å². The van der Waals surface area contributed by atoms with Crippen molar-refractivity contribution in [2.24, 2.45) is 0 Å². The quantitative estimate of drug-likeness (QED) is 0.552. The highest BCUT2D eigenvalue weighted by atomic mass is 16.5. The Labute approximate surface area is 179 Å². The predicted molar refractivity (Wildman–Crippen MR) is 118 cm³/mol. The number of hydrogen-bond donors (Lipinski definition) is 1. The zero-order valence-electron chi connectivity index (χ0n) is 17.2. The van der Waals surface area contributed by atoms with Crippen LogP contribution < -0.4 is 10.2 Å². The third-order valence-electron chi connectivity index (χ3n) is 5.32. The van der Waals surface area contributed by atoms with Crippen LogP contribution in [0.1, 0.15) is 16.2 Å². The summed E-state index contributed by atoms with van der Waals surface area (Å²) in [6.07, 6.45) is 1.84. The number of rotatable bonds is 4. The molecule has 0 unspecified atom stereocenters. The average molecular weight is 414 g/mol. The van der Waals surface area contributed by atoms with Crippen LogP contribution in [0.2, 0.25) is 0 Å². The number of ether oxygens (including phenoxy) is 1. The number of carbonyl (C=O) groups is 1. The Morgan fingerprint density at radius 2 is 1.90 bits per heavy atom. The normalized spacial score (nSPS) is 14.0. The van der Waals surface area contributed by atoms with Crippen molar-refractivity contribution in [3.8, 4) is 11.3 Å². The number of morpholine rings is 1. The number of hydrogen-bond acceptors (Lipinski definition) is 6. The maximum atomic E-state index is 13.0. The smallest absolute Gasteiger partial charge is 0.274 e. The first kappa shape index (κ1) is 19.2. The van der Waals surface area contributed by atoms with Crippen LogP contribution >= 0.6 is 0 Å².